The molecule has 1 heterocycles. The van der Waals surface area contributed by atoms with Crippen LogP contribution in [-0.2, 0) is 9.53 Å². The fourth-order valence-corrected chi connectivity index (χ4v) is 1.05. The molecular weight excluding hydrogens is 144 g/mol. The third kappa shape index (κ3) is 1.91. The van der Waals surface area contributed by atoms with Gasteiger partial charge in [0.15, 0.2) is 0 Å². The zero-order valence-corrected chi connectivity index (χ0v) is 6.75. The lowest BCUT2D eigenvalue weighted by atomic mass is 10.1. The van der Waals surface area contributed by atoms with Gasteiger partial charge in [-0.1, -0.05) is 0 Å². The molecular formula is C7H14N2O2. The number of carbonyl (C=O) groups excluding carboxylic acids is 1. The van der Waals surface area contributed by atoms with Crippen LogP contribution in [0.15, 0.2) is 0 Å². The molecule has 0 aromatic carbocycles. The molecule has 1 amide bonds. The molecule has 0 aliphatic carbocycles. The van der Waals surface area contributed by atoms with Crippen LogP contribution in [0.2, 0.25) is 0 Å². The van der Waals surface area contributed by atoms with Gasteiger partial charge >= 0.3 is 0 Å². The van der Waals surface area contributed by atoms with Crippen molar-refractivity contribution in [2.45, 2.75) is 13.0 Å². The normalized spacial score (nSPS) is 23.6. The Bertz CT molecular complexity index is 149. The Labute approximate surface area is 66.3 Å². The van der Waals surface area contributed by atoms with Crippen molar-refractivity contribution in [3.8, 4) is 0 Å². The summed E-state index contributed by atoms with van der Waals surface area (Å²) >= 11 is 0. The maximum absolute atomic E-state index is 10.9. The van der Waals surface area contributed by atoms with Crippen LogP contribution in [0.1, 0.15) is 6.92 Å². The van der Waals surface area contributed by atoms with Gasteiger partial charge in [0, 0.05) is 19.7 Å². The molecule has 1 fully saturated rings. The van der Waals surface area contributed by atoms with E-state index in [9.17, 15) is 4.79 Å². The van der Waals surface area contributed by atoms with Crippen molar-refractivity contribution in [2.75, 3.05) is 26.3 Å². The monoisotopic (exact) mass is 158 g/mol. The number of likely N-dealkylation sites (tertiary alicyclic amines) is 1. The molecule has 0 aromatic rings. The molecule has 0 spiro atoms. The van der Waals surface area contributed by atoms with E-state index in [-0.39, 0.29) is 11.9 Å². The Balaban J connectivity index is 2.06. The second-order valence-corrected chi connectivity index (χ2v) is 2.59. The predicted octanol–water partition coefficient (Wildman–Crippen LogP) is -0.808. The first-order valence-electron chi connectivity index (χ1n) is 3.87. The van der Waals surface area contributed by atoms with Crippen LogP contribution in [0, 0.1) is 0 Å². The standard InChI is InChI=1S/C7H14N2O2/c1-2-11-4-3-9-5-6(8)7(9)10/h6H,2-5,8H2,1H3. The summed E-state index contributed by atoms with van der Waals surface area (Å²) in [7, 11) is 0. The van der Waals surface area contributed by atoms with Crippen LogP contribution in [-0.4, -0.2) is 43.2 Å². The molecule has 4 heteroatoms. The molecule has 1 aliphatic rings. The van der Waals surface area contributed by atoms with E-state index in [1.165, 1.54) is 0 Å². The molecule has 2 N–H and O–H groups in total. The number of nitrogens with two attached hydrogens (primary N) is 1. The fourth-order valence-electron chi connectivity index (χ4n) is 1.05. The second-order valence-electron chi connectivity index (χ2n) is 2.59. The SMILES string of the molecule is CCOCCN1CC(N)C1=O. The minimum absolute atomic E-state index is 0.0460. The van der Waals surface area contributed by atoms with Gasteiger partial charge in [-0.05, 0) is 6.92 Å². The molecule has 0 bridgehead atoms. The Hall–Kier alpha value is -0.610. The summed E-state index contributed by atoms with van der Waals surface area (Å²) in [4.78, 5) is 12.6. The first-order valence-corrected chi connectivity index (χ1v) is 3.87. The smallest absolute Gasteiger partial charge is 0.241 e. The minimum Gasteiger partial charge on any atom is -0.380 e. The molecule has 11 heavy (non-hydrogen) atoms. The van der Waals surface area contributed by atoms with E-state index < -0.39 is 0 Å². The van der Waals surface area contributed by atoms with Crippen molar-refractivity contribution in [3.63, 3.8) is 0 Å². The highest BCUT2D eigenvalue weighted by atomic mass is 16.5. The van der Waals surface area contributed by atoms with Gasteiger partial charge < -0.3 is 15.4 Å². The highest BCUT2D eigenvalue weighted by Crippen LogP contribution is 2.06. The Morgan fingerprint density at radius 2 is 2.55 bits per heavy atom. The predicted molar refractivity (Wildman–Crippen MR) is 41.0 cm³/mol. The van der Waals surface area contributed by atoms with E-state index in [1.54, 1.807) is 4.90 Å². The van der Waals surface area contributed by atoms with Crippen LogP contribution in [0.5, 0.6) is 0 Å². The summed E-state index contributed by atoms with van der Waals surface area (Å²) in [5, 5.41) is 0. The van der Waals surface area contributed by atoms with E-state index in [4.69, 9.17) is 10.5 Å². The molecule has 0 radical (unpaired) electrons. The van der Waals surface area contributed by atoms with Crippen LogP contribution < -0.4 is 5.73 Å². The summed E-state index contributed by atoms with van der Waals surface area (Å²) in [6.07, 6.45) is 0. The summed E-state index contributed by atoms with van der Waals surface area (Å²) in [5.41, 5.74) is 5.38. The third-order valence-corrected chi connectivity index (χ3v) is 1.76. The molecule has 0 saturated carbocycles. The Morgan fingerprint density at radius 3 is 3.00 bits per heavy atom. The number of β-lactam (4-membered cyclic amide) rings is 1. The molecule has 1 saturated heterocycles. The average Bonchev–Trinajstić information content (AvgIpc) is 2.03. The van der Waals surface area contributed by atoms with Crippen LogP contribution in [0.3, 0.4) is 0 Å². The van der Waals surface area contributed by atoms with Crippen LogP contribution >= 0.6 is 0 Å². The quantitative estimate of drug-likeness (QED) is 0.430. The number of ether oxygens (including phenoxy) is 1. The summed E-state index contributed by atoms with van der Waals surface area (Å²) < 4.78 is 5.09. The van der Waals surface area contributed by atoms with Crippen molar-refractivity contribution in [2.24, 2.45) is 5.73 Å². The Kier molecular flexibility index (Phi) is 2.84. The van der Waals surface area contributed by atoms with E-state index in [0.717, 1.165) is 0 Å². The molecule has 1 unspecified atom stereocenters. The van der Waals surface area contributed by atoms with E-state index in [1.807, 2.05) is 6.92 Å². The van der Waals surface area contributed by atoms with Gasteiger partial charge in [0.05, 0.1) is 6.61 Å². The summed E-state index contributed by atoms with van der Waals surface area (Å²) in [6, 6.07) is -0.253. The van der Waals surface area contributed by atoms with Gasteiger partial charge in [-0.2, -0.15) is 0 Å². The molecule has 1 rings (SSSR count). The zero-order valence-electron chi connectivity index (χ0n) is 6.75. The average molecular weight is 158 g/mol. The summed E-state index contributed by atoms with van der Waals surface area (Å²) in [5.74, 6) is 0.0460. The number of rotatable bonds is 4. The maximum Gasteiger partial charge on any atom is 0.241 e. The van der Waals surface area contributed by atoms with Crippen molar-refractivity contribution in [1.82, 2.24) is 4.90 Å². The number of hydrogen-bond donors (Lipinski definition) is 1. The highest BCUT2D eigenvalue weighted by molar-refractivity contribution is 5.87. The van der Waals surface area contributed by atoms with Gasteiger partial charge in [-0.25, -0.2) is 0 Å². The topological polar surface area (TPSA) is 55.6 Å². The lowest BCUT2D eigenvalue weighted by Gasteiger charge is -2.35. The number of nitrogens with zero attached hydrogens (tertiary/aromatic N) is 1. The number of carbonyl (C=O) groups is 1. The van der Waals surface area contributed by atoms with Crippen molar-refractivity contribution in [3.05, 3.63) is 0 Å². The second kappa shape index (κ2) is 3.69. The van der Waals surface area contributed by atoms with Crippen molar-refractivity contribution >= 4 is 5.91 Å². The van der Waals surface area contributed by atoms with E-state index >= 15 is 0 Å². The number of hydrogen-bond acceptors (Lipinski definition) is 3. The van der Waals surface area contributed by atoms with Crippen LogP contribution in [0.4, 0.5) is 0 Å². The van der Waals surface area contributed by atoms with Crippen molar-refractivity contribution in [1.29, 1.82) is 0 Å². The lowest BCUT2D eigenvalue weighted by Crippen LogP contribution is -2.61. The summed E-state index contributed by atoms with van der Waals surface area (Å²) in [6.45, 7) is 4.62. The molecule has 1 aliphatic heterocycles. The third-order valence-electron chi connectivity index (χ3n) is 1.76. The zero-order chi connectivity index (χ0) is 8.27. The largest absolute Gasteiger partial charge is 0.380 e. The fraction of sp³-hybridized carbons (Fsp3) is 0.857. The minimum atomic E-state index is -0.253. The highest BCUT2D eigenvalue weighted by Gasteiger charge is 2.32. The van der Waals surface area contributed by atoms with Gasteiger partial charge in [-0.15, -0.1) is 0 Å². The molecule has 0 aromatic heterocycles. The van der Waals surface area contributed by atoms with Gasteiger partial charge in [0.2, 0.25) is 5.91 Å². The van der Waals surface area contributed by atoms with E-state index in [0.29, 0.717) is 26.3 Å². The first-order chi connectivity index (χ1) is 5.25. The molecule has 4 nitrogen and oxygen atoms in total. The maximum atomic E-state index is 10.9. The van der Waals surface area contributed by atoms with Crippen LogP contribution in [0.25, 0.3) is 0 Å². The molecule has 1 atom stereocenters. The molecule has 64 valence electrons. The first kappa shape index (κ1) is 8.49. The van der Waals surface area contributed by atoms with Crippen molar-refractivity contribution < 1.29 is 9.53 Å². The van der Waals surface area contributed by atoms with Gasteiger partial charge in [0.1, 0.15) is 6.04 Å². The van der Waals surface area contributed by atoms with Gasteiger partial charge in [-0.3, -0.25) is 4.79 Å². The van der Waals surface area contributed by atoms with Gasteiger partial charge in [0.25, 0.3) is 0 Å². The Morgan fingerprint density at radius 1 is 1.82 bits per heavy atom. The number of amides is 1. The van der Waals surface area contributed by atoms with E-state index in [2.05, 4.69) is 0 Å². The lowest BCUT2D eigenvalue weighted by molar-refractivity contribution is -0.143.